The molecule has 5 heteroatoms. The third kappa shape index (κ3) is 11.8. The van der Waals surface area contributed by atoms with Gasteiger partial charge in [0.1, 0.15) is 6.29 Å². The quantitative estimate of drug-likeness (QED) is 0.321. The summed E-state index contributed by atoms with van der Waals surface area (Å²) in [5, 5.41) is 11.4. The van der Waals surface area contributed by atoms with Crippen LogP contribution in [0, 0.1) is 0 Å². The van der Waals surface area contributed by atoms with Crippen LogP contribution in [0.15, 0.2) is 35.5 Å². The first-order chi connectivity index (χ1) is 9.99. The van der Waals surface area contributed by atoms with Gasteiger partial charge in [-0.25, -0.2) is 0 Å². The van der Waals surface area contributed by atoms with Gasteiger partial charge in [-0.2, -0.15) is 0 Å². The van der Waals surface area contributed by atoms with Gasteiger partial charge in [-0.3, -0.25) is 9.59 Å². The highest BCUT2D eigenvalue weighted by Gasteiger charge is 2.02. The van der Waals surface area contributed by atoms with Gasteiger partial charge in [0.05, 0.1) is 0 Å². The van der Waals surface area contributed by atoms with E-state index in [1.807, 2.05) is 19.1 Å². The maximum atomic E-state index is 11.5. The topological polar surface area (TPSA) is 92.4 Å². The number of aliphatic hydroxyl groups excluding tert-OH is 1. The Hall–Kier alpha value is -1.72. The number of hydrogen-bond acceptors (Lipinski definition) is 4. The zero-order valence-corrected chi connectivity index (χ0v) is 12.8. The number of amides is 1. The highest BCUT2D eigenvalue weighted by molar-refractivity contribution is 5.87. The molecule has 0 aromatic rings. The van der Waals surface area contributed by atoms with Crippen molar-refractivity contribution in [1.82, 2.24) is 5.32 Å². The van der Waals surface area contributed by atoms with Crippen LogP contribution in [0.25, 0.3) is 0 Å². The molecule has 0 aromatic heterocycles. The average Bonchev–Trinajstić information content (AvgIpc) is 2.45. The Morgan fingerprint density at radius 1 is 1.38 bits per heavy atom. The highest BCUT2D eigenvalue weighted by Crippen LogP contribution is 2.06. The molecule has 0 saturated carbocycles. The second-order valence-electron chi connectivity index (χ2n) is 4.99. The number of nitrogens with two attached hydrogens (primary N) is 1. The Labute approximate surface area is 126 Å². The summed E-state index contributed by atoms with van der Waals surface area (Å²) in [5.74, 6) is -0.205. The molecule has 0 aliphatic carbocycles. The molecule has 0 aromatic carbocycles. The molecule has 0 radical (unpaired) electrons. The lowest BCUT2D eigenvalue weighted by Crippen LogP contribution is -2.37. The summed E-state index contributed by atoms with van der Waals surface area (Å²) in [6.45, 7) is 4.12. The molecule has 0 fully saturated rings. The van der Waals surface area contributed by atoms with Gasteiger partial charge < -0.3 is 16.2 Å². The van der Waals surface area contributed by atoms with E-state index in [4.69, 9.17) is 10.8 Å². The maximum Gasteiger partial charge on any atom is 0.244 e. The van der Waals surface area contributed by atoms with E-state index in [0.717, 1.165) is 30.3 Å². The minimum absolute atomic E-state index is 0.0207. The first kappa shape index (κ1) is 19.3. The lowest BCUT2D eigenvalue weighted by Gasteiger charge is -2.09. The van der Waals surface area contributed by atoms with E-state index in [-0.39, 0.29) is 18.6 Å². The molecule has 0 bridgehead atoms. The summed E-state index contributed by atoms with van der Waals surface area (Å²) in [6.07, 6.45) is 9.86. The number of rotatable bonds is 10. The number of aldehydes is 1. The fourth-order valence-corrected chi connectivity index (χ4v) is 1.52. The predicted octanol–water partition coefficient (Wildman–Crippen LogP) is 1.24. The normalized spacial score (nSPS) is 14.3. The molecule has 0 saturated heterocycles. The monoisotopic (exact) mass is 294 g/mol. The van der Waals surface area contributed by atoms with Gasteiger partial charge in [0.15, 0.2) is 0 Å². The van der Waals surface area contributed by atoms with E-state index < -0.39 is 0 Å². The molecule has 0 aliphatic heterocycles. The van der Waals surface area contributed by atoms with Crippen LogP contribution in [0.5, 0.6) is 0 Å². The fraction of sp³-hybridized carbons (Fsp3) is 0.500. The molecule has 0 heterocycles. The molecule has 0 spiro atoms. The van der Waals surface area contributed by atoms with E-state index in [1.165, 1.54) is 6.08 Å². The smallest absolute Gasteiger partial charge is 0.244 e. The SMILES string of the molecule is C/C(C=O)=C\CC/C(C)=C/C=C/C(=O)NC[C@H](N)CCO. The second kappa shape index (κ2) is 12.1. The Balaban J connectivity index is 4.03. The minimum Gasteiger partial charge on any atom is -0.396 e. The van der Waals surface area contributed by atoms with E-state index >= 15 is 0 Å². The number of aliphatic hydroxyl groups is 1. The zero-order chi connectivity index (χ0) is 16.1. The van der Waals surface area contributed by atoms with E-state index in [2.05, 4.69) is 5.32 Å². The van der Waals surface area contributed by atoms with Gasteiger partial charge in [0.2, 0.25) is 5.91 Å². The summed E-state index contributed by atoms with van der Waals surface area (Å²) in [4.78, 5) is 21.9. The highest BCUT2D eigenvalue weighted by atomic mass is 16.3. The van der Waals surface area contributed by atoms with Crippen molar-refractivity contribution >= 4 is 12.2 Å². The van der Waals surface area contributed by atoms with Crippen LogP contribution in [0.2, 0.25) is 0 Å². The fourth-order valence-electron chi connectivity index (χ4n) is 1.52. The number of carbonyl (C=O) groups excluding carboxylic acids is 2. The van der Waals surface area contributed by atoms with E-state index in [1.54, 1.807) is 13.0 Å². The van der Waals surface area contributed by atoms with Crippen molar-refractivity contribution < 1.29 is 14.7 Å². The van der Waals surface area contributed by atoms with Gasteiger partial charge in [0.25, 0.3) is 0 Å². The number of nitrogens with one attached hydrogen (secondary N) is 1. The lowest BCUT2D eigenvalue weighted by atomic mass is 10.1. The average molecular weight is 294 g/mol. The van der Waals surface area contributed by atoms with Crippen molar-refractivity contribution in [3.63, 3.8) is 0 Å². The largest absolute Gasteiger partial charge is 0.396 e. The summed E-state index contributed by atoms with van der Waals surface area (Å²) in [6, 6.07) is -0.225. The molecule has 0 unspecified atom stereocenters. The number of carbonyl (C=O) groups is 2. The summed E-state index contributed by atoms with van der Waals surface area (Å²) in [7, 11) is 0. The van der Waals surface area contributed by atoms with Crippen molar-refractivity contribution in [2.75, 3.05) is 13.2 Å². The Bertz CT molecular complexity index is 412. The van der Waals surface area contributed by atoms with Gasteiger partial charge in [-0.1, -0.05) is 23.8 Å². The van der Waals surface area contributed by atoms with Crippen LogP contribution in [0.1, 0.15) is 33.1 Å². The molecular formula is C16H26N2O3. The summed E-state index contributed by atoms with van der Waals surface area (Å²) < 4.78 is 0. The van der Waals surface area contributed by atoms with Gasteiger partial charge in [0, 0.05) is 25.3 Å². The Morgan fingerprint density at radius 2 is 2.10 bits per heavy atom. The maximum absolute atomic E-state index is 11.5. The summed E-state index contributed by atoms with van der Waals surface area (Å²) >= 11 is 0. The Morgan fingerprint density at radius 3 is 2.71 bits per heavy atom. The van der Waals surface area contributed by atoms with Crippen molar-refractivity contribution in [3.8, 4) is 0 Å². The molecule has 5 nitrogen and oxygen atoms in total. The molecule has 21 heavy (non-hydrogen) atoms. The lowest BCUT2D eigenvalue weighted by molar-refractivity contribution is -0.116. The van der Waals surface area contributed by atoms with Crippen LogP contribution >= 0.6 is 0 Å². The van der Waals surface area contributed by atoms with Crippen LogP contribution in [-0.4, -0.2) is 36.5 Å². The standard InChI is InChI=1S/C16H26N2O3/c1-13(5-3-7-14(2)12-20)6-4-8-16(21)18-11-15(17)9-10-19/h4,6-8,12,15,19H,3,5,9-11,17H2,1-2H3,(H,18,21)/b8-4+,13-6+,14-7+/t15-/m1/s1. The number of allylic oxidation sites excluding steroid dienone is 5. The van der Waals surface area contributed by atoms with Gasteiger partial charge >= 0.3 is 0 Å². The van der Waals surface area contributed by atoms with Crippen molar-refractivity contribution in [2.45, 2.75) is 39.2 Å². The van der Waals surface area contributed by atoms with Crippen LogP contribution < -0.4 is 11.1 Å². The van der Waals surface area contributed by atoms with Gasteiger partial charge in [-0.15, -0.1) is 0 Å². The Kier molecular flexibility index (Phi) is 11.1. The van der Waals surface area contributed by atoms with E-state index in [0.29, 0.717) is 13.0 Å². The third-order valence-electron chi connectivity index (χ3n) is 2.86. The zero-order valence-electron chi connectivity index (χ0n) is 12.8. The van der Waals surface area contributed by atoms with Crippen molar-refractivity contribution in [3.05, 3.63) is 35.5 Å². The van der Waals surface area contributed by atoms with E-state index in [9.17, 15) is 9.59 Å². The molecule has 1 amide bonds. The minimum atomic E-state index is -0.225. The molecule has 118 valence electrons. The second-order valence-corrected chi connectivity index (χ2v) is 4.99. The van der Waals surface area contributed by atoms with Crippen LogP contribution in [0.3, 0.4) is 0 Å². The van der Waals surface area contributed by atoms with Crippen LogP contribution in [0.4, 0.5) is 0 Å². The van der Waals surface area contributed by atoms with Gasteiger partial charge in [-0.05, 0) is 38.7 Å². The molecule has 4 N–H and O–H groups in total. The third-order valence-corrected chi connectivity index (χ3v) is 2.86. The van der Waals surface area contributed by atoms with Crippen molar-refractivity contribution in [1.29, 1.82) is 0 Å². The van der Waals surface area contributed by atoms with Crippen molar-refractivity contribution in [2.24, 2.45) is 5.73 Å². The summed E-state index contributed by atoms with van der Waals surface area (Å²) in [5.41, 5.74) is 7.52. The number of hydrogen-bond donors (Lipinski definition) is 3. The predicted molar refractivity (Wildman–Crippen MR) is 84.6 cm³/mol. The first-order valence-corrected chi connectivity index (χ1v) is 7.09. The first-order valence-electron chi connectivity index (χ1n) is 7.09. The molecular weight excluding hydrogens is 268 g/mol. The van der Waals surface area contributed by atoms with Crippen LogP contribution in [-0.2, 0) is 9.59 Å². The molecule has 0 aliphatic rings. The molecule has 1 atom stereocenters. The molecule has 0 rings (SSSR count).